The summed E-state index contributed by atoms with van der Waals surface area (Å²) in [6.07, 6.45) is 7.29. The van der Waals surface area contributed by atoms with Crippen molar-refractivity contribution in [3.05, 3.63) is 0 Å². The topological polar surface area (TPSA) is 21.3 Å². The van der Waals surface area contributed by atoms with Crippen molar-refractivity contribution in [3.63, 3.8) is 0 Å². The van der Waals surface area contributed by atoms with E-state index in [0.29, 0.717) is 0 Å². The van der Waals surface area contributed by atoms with Gasteiger partial charge < -0.3 is 10.1 Å². The van der Waals surface area contributed by atoms with Crippen LogP contribution in [0.3, 0.4) is 0 Å². The normalized spacial score (nSPS) is 44.0. The zero-order valence-corrected chi connectivity index (χ0v) is 9.58. The van der Waals surface area contributed by atoms with Crippen molar-refractivity contribution in [1.29, 1.82) is 0 Å². The van der Waals surface area contributed by atoms with E-state index in [2.05, 4.69) is 5.32 Å². The minimum Gasteiger partial charge on any atom is -0.381 e. The molecule has 0 spiro atoms. The van der Waals surface area contributed by atoms with Crippen LogP contribution in [0.2, 0.25) is 0 Å². The second-order valence-corrected chi connectivity index (χ2v) is 5.83. The second kappa shape index (κ2) is 4.42. The van der Waals surface area contributed by atoms with E-state index in [-0.39, 0.29) is 0 Å². The molecule has 86 valence electrons. The summed E-state index contributed by atoms with van der Waals surface area (Å²) >= 11 is 0. The molecule has 2 saturated carbocycles. The Morgan fingerprint density at radius 3 is 2.73 bits per heavy atom. The van der Waals surface area contributed by atoms with Gasteiger partial charge in [-0.1, -0.05) is 6.42 Å². The van der Waals surface area contributed by atoms with E-state index >= 15 is 0 Å². The molecule has 0 radical (unpaired) electrons. The van der Waals surface area contributed by atoms with E-state index in [1.165, 1.54) is 45.2 Å². The van der Waals surface area contributed by atoms with Gasteiger partial charge in [-0.15, -0.1) is 0 Å². The van der Waals surface area contributed by atoms with Crippen molar-refractivity contribution in [1.82, 2.24) is 5.32 Å². The molecule has 1 N–H and O–H groups in total. The SMILES string of the molecule is C1CC(COCC2CC3CCC2C3)CN1. The molecular formula is C13H23NO. The fourth-order valence-corrected chi connectivity index (χ4v) is 3.82. The van der Waals surface area contributed by atoms with Gasteiger partial charge in [-0.3, -0.25) is 0 Å². The maximum atomic E-state index is 5.91. The fourth-order valence-electron chi connectivity index (χ4n) is 3.82. The molecular weight excluding hydrogens is 186 g/mol. The van der Waals surface area contributed by atoms with Gasteiger partial charge >= 0.3 is 0 Å². The third-order valence-electron chi connectivity index (χ3n) is 4.73. The highest BCUT2D eigenvalue weighted by molar-refractivity contribution is 4.89. The maximum absolute atomic E-state index is 5.91. The largest absolute Gasteiger partial charge is 0.381 e. The quantitative estimate of drug-likeness (QED) is 0.765. The molecule has 1 saturated heterocycles. The van der Waals surface area contributed by atoms with Crippen molar-refractivity contribution < 1.29 is 4.74 Å². The van der Waals surface area contributed by atoms with Crippen LogP contribution in [0.1, 0.15) is 32.1 Å². The lowest BCUT2D eigenvalue weighted by atomic mass is 9.89. The highest BCUT2D eigenvalue weighted by Gasteiger charge is 2.39. The first kappa shape index (κ1) is 10.1. The first-order valence-corrected chi connectivity index (χ1v) is 6.70. The van der Waals surface area contributed by atoms with Gasteiger partial charge in [-0.25, -0.2) is 0 Å². The van der Waals surface area contributed by atoms with Crippen LogP contribution in [-0.4, -0.2) is 26.3 Å². The molecule has 4 atom stereocenters. The standard InChI is InChI=1S/C13H23NO/c1-2-12-5-10(1)6-13(12)9-15-8-11-3-4-14-7-11/h10-14H,1-9H2. The summed E-state index contributed by atoms with van der Waals surface area (Å²) in [6, 6.07) is 0. The maximum Gasteiger partial charge on any atom is 0.0507 e. The van der Waals surface area contributed by atoms with Crippen LogP contribution in [0.5, 0.6) is 0 Å². The molecule has 3 aliphatic rings. The molecule has 2 aliphatic carbocycles. The molecule has 3 fully saturated rings. The minimum atomic E-state index is 0.795. The van der Waals surface area contributed by atoms with Crippen LogP contribution in [0.15, 0.2) is 0 Å². The summed E-state index contributed by atoms with van der Waals surface area (Å²) in [5, 5.41) is 3.40. The van der Waals surface area contributed by atoms with Crippen molar-refractivity contribution >= 4 is 0 Å². The smallest absolute Gasteiger partial charge is 0.0507 e. The number of nitrogens with one attached hydrogen (secondary N) is 1. The van der Waals surface area contributed by atoms with Crippen LogP contribution < -0.4 is 5.32 Å². The van der Waals surface area contributed by atoms with Gasteiger partial charge in [0.25, 0.3) is 0 Å². The number of hydrogen-bond acceptors (Lipinski definition) is 2. The van der Waals surface area contributed by atoms with Crippen LogP contribution in [0, 0.1) is 23.7 Å². The van der Waals surface area contributed by atoms with Crippen LogP contribution in [-0.2, 0) is 4.74 Å². The minimum absolute atomic E-state index is 0.795. The van der Waals surface area contributed by atoms with Gasteiger partial charge in [-0.2, -0.15) is 0 Å². The Labute approximate surface area is 92.8 Å². The molecule has 3 rings (SSSR count). The Kier molecular flexibility index (Phi) is 2.98. The third-order valence-corrected chi connectivity index (χ3v) is 4.73. The summed E-state index contributed by atoms with van der Waals surface area (Å²) in [4.78, 5) is 0. The lowest BCUT2D eigenvalue weighted by Gasteiger charge is -2.22. The average molecular weight is 209 g/mol. The fraction of sp³-hybridized carbons (Fsp3) is 1.00. The third kappa shape index (κ3) is 2.21. The van der Waals surface area contributed by atoms with E-state index < -0.39 is 0 Å². The van der Waals surface area contributed by atoms with E-state index in [9.17, 15) is 0 Å². The highest BCUT2D eigenvalue weighted by Crippen LogP contribution is 2.48. The van der Waals surface area contributed by atoms with Gasteiger partial charge in [0.1, 0.15) is 0 Å². The molecule has 0 aromatic heterocycles. The summed E-state index contributed by atoms with van der Waals surface area (Å²) < 4.78 is 5.91. The molecule has 0 amide bonds. The monoisotopic (exact) mass is 209 g/mol. The van der Waals surface area contributed by atoms with Crippen molar-refractivity contribution in [2.45, 2.75) is 32.1 Å². The predicted molar refractivity (Wildman–Crippen MR) is 60.7 cm³/mol. The van der Waals surface area contributed by atoms with E-state index in [0.717, 1.165) is 36.9 Å². The average Bonchev–Trinajstić information content (AvgIpc) is 2.93. The van der Waals surface area contributed by atoms with Crippen molar-refractivity contribution in [2.24, 2.45) is 23.7 Å². The Morgan fingerprint density at radius 2 is 2.07 bits per heavy atom. The Bertz CT molecular complexity index is 213. The Balaban J connectivity index is 1.36. The lowest BCUT2D eigenvalue weighted by Crippen LogP contribution is -2.20. The number of ether oxygens (including phenoxy) is 1. The van der Waals surface area contributed by atoms with Crippen LogP contribution in [0.25, 0.3) is 0 Å². The molecule has 0 aromatic carbocycles. The first-order valence-electron chi connectivity index (χ1n) is 6.70. The first-order chi connectivity index (χ1) is 7.42. The lowest BCUT2D eigenvalue weighted by molar-refractivity contribution is 0.0587. The van der Waals surface area contributed by atoms with E-state index in [4.69, 9.17) is 4.74 Å². The van der Waals surface area contributed by atoms with Crippen molar-refractivity contribution in [3.8, 4) is 0 Å². The van der Waals surface area contributed by atoms with E-state index in [1.54, 1.807) is 0 Å². The summed E-state index contributed by atoms with van der Waals surface area (Å²) in [5.41, 5.74) is 0. The van der Waals surface area contributed by atoms with Gasteiger partial charge in [0.15, 0.2) is 0 Å². The molecule has 2 bridgehead atoms. The van der Waals surface area contributed by atoms with Crippen molar-refractivity contribution in [2.75, 3.05) is 26.3 Å². The molecule has 15 heavy (non-hydrogen) atoms. The van der Waals surface area contributed by atoms with Gasteiger partial charge in [0.2, 0.25) is 0 Å². The van der Waals surface area contributed by atoms with Gasteiger partial charge in [0, 0.05) is 13.2 Å². The zero-order chi connectivity index (χ0) is 10.1. The summed E-state index contributed by atoms with van der Waals surface area (Å²) in [5.74, 6) is 3.80. The van der Waals surface area contributed by atoms with Crippen LogP contribution in [0.4, 0.5) is 0 Å². The van der Waals surface area contributed by atoms with E-state index in [1.807, 2.05) is 0 Å². The summed E-state index contributed by atoms with van der Waals surface area (Å²) in [7, 11) is 0. The molecule has 1 aliphatic heterocycles. The Hall–Kier alpha value is -0.0800. The molecule has 2 heteroatoms. The molecule has 2 nitrogen and oxygen atoms in total. The van der Waals surface area contributed by atoms with Crippen LogP contribution >= 0.6 is 0 Å². The number of fused-ring (bicyclic) bond motifs is 2. The molecule has 1 heterocycles. The Morgan fingerprint density at radius 1 is 1.07 bits per heavy atom. The zero-order valence-electron chi connectivity index (χ0n) is 9.58. The highest BCUT2D eigenvalue weighted by atomic mass is 16.5. The second-order valence-electron chi connectivity index (χ2n) is 5.83. The number of rotatable bonds is 4. The summed E-state index contributed by atoms with van der Waals surface area (Å²) in [6.45, 7) is 4.43. The number of hydrogen-bond donors (Lipinski definition) is 1. The van der Waals surface area contributed by atoms with Gasteiger partial charge in [-0.05, 0) is 55.9 Å². The van der Waals surface area contributed by atoms with Gasteiger partial charge in [0.05, 0.1) is 6.61 Å². The molecule has 0 aromatic rings. The predicted octanol–water partition coefficient (Wildman–Crippen LogP) is 2.05. The molecule has 4 unspecified atom stereocenters.